The second kappa shape index (κ2) is 12.1. The lowest BCUT2D eigenvalue weighted by Crippen LogP contribution is -2.46. The minimum Gasteiger partial charge on any atom is -0.359 e. The summed E-state index contributed by atoms with van der Waals surface area (Å²) < 4.78 is 1.84. The van der Waals surface area contributed by atoms with Gasteiger partial charge >= 0.3 is 0 Å². The minimum atomic E-state index is 0. The third kappa shape index (κ3) is 7.51. The van der Waals surface area contributed by atoms with Gasteiger partial charge in [-0.25, -0.2) is 0 Å². The van der Waals surface area contributed by atoms with Crippen LogP contribution in [0.5, 0.6) is 0 Å². The lowest BCUT2D eigenvalue weighted by molar-refractivity contribution is -0.121. The van der Waals surface area contributed by atoms with Gasteiger partial charge in [-0.05, 0) is 44.1 Å². The van der Waals surface area contributed by atoms with E-state index < -0.39 is 0 Å². The molecule has 1 aliphatic rings. The number of guanidine groups is 1. The number of carbonyl (C=O) groups excluding carboxylic acids is 1. The number of aryl methyl sites for hydroxylation is 2. The van der Waals surface area contributed by atoms with E-state index in [4.69, 9.17) is 4.99 Å². The number of nitrogens with zero attached hydrogens (tertiary/aromatic N) is 4. The summed E-state index contributed by atoms with van der Waals surface area (Å²) in [6, 6.07) is 0. The summed E-state index contributed by atoms with van der Waals surface area (Å²) in [6.07, 6.45) is 8.75. The van der Waals surface area contributed by atoms with Crippen LogP contribution in [0.15, 0.2) is 17.4 Å². The van der Waals surface area contributed by atoms with Gasteiger partial charge in [-0.15, -0.1) is 24.0 Å². The van der Waals surface area contributed by atoms with Crippen molar-refractivity contribution in [3.63, 3.8) is 0 Å². The first-order chi connectivity index (χ1) is 12.1. The molecule has 2 heterocycles. The van der Waals surface area contributed by atoms with Crippen molar-refractivity contribution in [1.29, 1.82) is 0 Å². The van der Waals surface area contributed by atoms with Crippen LogP contribution in [0.1, 0.15) is 38.2 Å². The molecule has 148 valence electrons. The highest BCUT2D eigenvalue weighted by Gasteiger charge is 2.22. The van der Waals surface area contributed by atoms with Crippen LogP contribution in [0.3, 0.4) is 0 Å². The summed E-state index contributed by atoms with van der Waals surface area (Å²) in [6.45, 7) is 5.73. The van der Waals surface area contributed by atoms with E-state index in [1.807, 2.05) is 17.9 Å². The number of aromatic nitrogens is 2. The van der Waals surface area contributed by atoms with E-state index in [9.17, 15) is 4.79 Å². The Morgan fingerprint density at radius 2 is 2.12 bits per heavy atom. The SMILES string of the molecule is CCNC(=NCCCc1cnn(C)c1)N1CCC(CC(=O)NC)CC1.I. The van der Waals surface area contributed by atoms with Gasteiger partial charge in [0.25, 0.3) is 0 Å². The Balaban J connectivity index is 0.00000338. The number of rotatable bonds is 7. The molecule has 0 aliphatic carbocycles. The fourth-order valence-electron chi connectivity index (χ4n) is 3.21. The maximum absolute atomic E-state index is 11.5. The van der Waals surface area contributed by atoms with Crippen molar-refractivity contribution in [3.8, 4) is 0 Å². The van der Waals surface area contributed by atoms with Gasteiger partial charge in [0.2, 0.25) is 5.91 Å². The Labute approximate surface area is 174 Å². The fraction of sp³-hybridized carbons (Fsp3) is 0.722. The molecule has 0 bridgehead atoms. The quantitative estimate of drug-likeness (QED) is 0.273. The van der Waals surface area contributed by atoms with Crippen LogP contribution in [0, 0.1) is 5.92 Å². The number of hydrogen-bond acceptors (Lipinski definition) is 3. The number of aliphatic imine (C=N–C) groups is 1. The Morgan fingerprint density at radius 1 is 1.38 bits per heavy atom. The van der Waals surface area contributed by atoms with Crippen LogP contribution in [0.25, 0.3) is 0 Å². The van der Waals surface area contributed by atoms with Crippen molar-refractivity contribution in [2.24, 2.45) is 18.0 Å². The molecule has 0 atom stereocenters. The van der Waals surface area contributed by atoms with Crippen molar-refractivity contribution >= 4 is 35.8 Å². The van der Waals surface area contributed by atoms with Gasteiger partial charge in [-0.2, -0.15) is 5.10 Å². The predicted molar refractivity (Wildman–Crippen MR) is 116 cm³/mol. The third-order valence-electron chi connectivity index (χ3n) is 4.65. The van der Waals surface area contributed by atoms with Crippen LogP contribution >= 0.6 is 24.0 Å². The molecule has 1 aromatic heterocycles. The van der Waals surface area contributed by atoms with Gasteiger partial charge in [-0.1, -0.05) is 0 Å². The van der Waals surface area contributed by atoms with Gasteiger partial charge in [-0.3, -0.25) is 14.5 Å². The lowest BCUT2D eigenvalue weighted by atomic mass is 9.93. The maximum Gasteiger partial charge on any atom is 0.220 e. The number of piperidine rings is 1. The number of amides is 1. The molecule has 0 unspecified atom stereocenters. The monoisotopic (exact) mass is 476 g/mol. The van der Waals surface area contributed by atoms with E-state index in [0.29, 0.717) is 12.3 Å². The molecule has 2 rings (SSSR count). The average molecular weight is 476 g/mol. The number of carbonyl (C=O) groups is 1. The molecule has 26 heavy (non-hydrogen) atoms. The van der Waals surface area contributed by atoms with Crippen LogP contribution in [0.4, 0.5) is 0 Å². The molecule has 8 heteroatoms. The first kappa shape index (κ1) is 22.7. The zero-order valence-electron chi connectivity index (χ0n) is 16.2. The number of likely N-dealkylation sites (tertiary alicyclic amines) is 1. The maximum atomic E-state index is 11.5. The van der Waals surface area contributed by atoms with Crippen LogP contribution in [-0.2, 0) is 18.3 Å². The molecular weight excluding hydrogens is 443 g/mol. The molecule has 0 saturated carbocycles. The largest absolute Gasteiger partial charge is 0.359 e. The molecule has 1 aliphatic heterocycles. The van der Waals surface area contributed by atoms with E-state index in [1.165, 1.54) is 5.56 Å². The second-order valence-corrected chi connectivity index (χ2v) is 6.67. The van der Waals surface area contributed by atoms with Crippen LogP contribution in [-0.4, -0.2) is 59.8 Å². The molecule has 1 amide bonds. The molecule has 1 saturated heterocycles. The van der Waals surface area contributed by atoms with Crippen molar-refractivity contribution in [2.45, 2.75) is 39.0 Å². The van der Waals surface area contributed by atoms with E-state index >= 15 is 0 Å². The molecule has 2 N–H and O–H groups in total. The smallest absolute Gasteiger partial charge is 0.220 e. The summed E-state index contributed by atoms with van der Waals surface area (Å²) in [5, 5.41) is 10.3. The summed E-state index contributed by atoms with van der Waals surface area (Å²) in [7, 11) is 3.65. The molecule has 0 radical (unpaired) electrons. The standard InChI is InChI=1S/C18H32N6O.HI/c1-4-20-18(21-9-5-6-16-13-22-23(3)14-16)24-10-7-15(8-11-24)12-17(25)19-2;/h13-15H,4-12H2,1-3H3,(H,19,25)(H,20,21);1H. The van der Waals surface area contributed by atoms with Crippen LogP contribution < -0.4 is 10.6 Å². The highest BCUT2D eigenvalue weighted by molar-refractivity contribution is 14.0. The van der Waals surface area contributed by atoms with Gasteiger partial charge in [0.05, 0.1) is 6.20 Å². The zero-order chi connectivity index (χ0) is 18.1. The summed E-state index contributed by atoms with van der Waals surface area (Å²) in [4.78, 5) is 18.6. The molecule has 0 aromatic carbocycles. The Hall–Kier alpha value is -1.32. The number of hydrogen-bond donors (Lipinski definition) is 2. The fourth-order valence-corrected chi connectivity index (χ4v) is 3.21. The third-order valence-corrected chi connectivity index (χ3v) is 4.65. The van der Waals surface area contributed by atoms with Crippen LogP contribution in [0.2, 0.25) is 0 Å². The Morgan fingerprint density at radius 3 is 2.69 bits per heavy atom. The van der Waals surface area contributed by atoms with Gasteiger partial charge in [0, 0.05) is 52.9 Å². The molecule has 1 aromatic rings. The van der Waals surface area contributed by atoms with E-state index in [2.05, 4.69) is 33.8 Å². The molecular formula is C18H33IN6O. The average Bonchev–Trinajstić information content (AvgIpc) is 3.03. The Bertz CT molecular complexity index is 566. The highest BCUT2D eigenvalue weighted by atomic mass is 127. The Kier molecular flexibility index (Phi) is 10.6. The number of halogens is 1. The van der Waals surface area contributed by atoms with E-state index in [-0.39, 0.29) is 29.9 Å². The van der Waals surface area contributed by atoms with E-state index in [0.717, 1.165) is 57.8 Å². The van der Waals surface area contributed by atoms with Crippen molar-refractivity contribution in [1.82, 2.24) is 25.3 Å². The molecule has 0 spiro atoms. The lowest BCUT2D eigenvalue weighted by Gasteiger charge is -2.34. The summed E-state index contributed by atoms with van der Waals surface area (Å²) in [5.74, 6) is 1.64. The van der Waals surface area contributed by atoms with Gasteiger partial charge < -0.3 is 15.5 Å². The highest BCUT2D eigenvalue weighted by Crippen LogP contribution is 2.20. The molecule has 1 fully saturated rings. The molecule has 7 nitrogen and oxygen atoms in total. The predicted octanol–water partition coefficient (Wildman–Crippen LogP) is 1.78. The van der Waals surface area contributed by atoms with Crippen molar-refractivity contribution in [2.75, 3.05) is 33.2 Å². The summed E-state index contributed by atoms with van der Waals surface area (Å²) in [5.41, 5.74) is 1.26. The van der Waals surface area contributed by atoms with Crippen molar-refractivity contribution < 1.29 is 4.79 Å². The summed E-state index contributed by atoms with van der Waals surface area (Å²) >= 11 is 0. The topological polar surface area (TPSA) is 74.5 Å². The first-order valence-electron chi connectivity index (χ1n) is 9.33. The second-order valence-electron chi connectivity index (χ2n) is 6.67. The zero-order valence-corrected chi connectivity index (χ0v) is 18.5. The van der Waals surface area contributed by atoms with Crippen molar-refractivity contribution in [3.05, 3.63) is 18.0 Å². The minimum absolute atomic E-state index is 0. The van der Waals surface area contributed by atoms with Gasteiger partial charge in [0.1, 0.15) is 0 Å². The van der Waals surface area contributed by atoms with E-state index in [1.54, 1.807) is 7.05 Å². The van der Waals surface area contributed by atoms with Gasteiger partial charge in [0.15, 0.2) is 5.96 Å². The normalized spacial score (nSPS) is 15.5. The first-order valence-corrected chi connectivity index (χ1v) is 9.33. The number of nitrogens with one attached hydrogen (secondary N) is 2.